The number of aliphatic hydroxyl groups excluding tert-OH is 1. The van der Waals surface area contributed by atoms with Crippen LogP contribution < -0.4 is 0 Å². The monoisotopic (exact) mass is 321 g/mol. The molecule has 1 heterocycles. The molecule has 1 N–H and O–H groups in total. The van der Waals surface area contributed by atoms with Crippen molar-refractivity contribution in [2.24, 2.45) is 0 Å². The van der Waals surface area contributed by atoms with Gasteiger partial charge in [0.05, 0.1) is 27.7 Å². The van der Waals surface area contributed by atoms with Gasteiger partial charge in [0, 0.05) is 5.39 Å². The normalized spacial score (nSPS) is 11.9. The highest BCUT2D eigenvalue weighted by Crippen LogP contribution is 2.33. The van der Waals surface area contributed by atoms with Crippen LogP contribution in [0.15, 0.2) is 59.5 Å². The second kappa shape index (κ2) is 5.18. The van der Waals surface area contributed by atoms with Gasteiger partial charge in [0.1, 0.15) is 0 Å². The number of aromatic nitrogens is 1. The van der Waals surface area contributed by atoms with E-state index >= 15 is 0 Å². The Morgan fingerprint density at radius 3 is 2.29 bits per heavy atom. The summed E-state index contributed by atoms with van der Waals surface area (Å²) in [4.78, 5) is 0.150. The molecule has 3 aromatic rings. The number of fused-ring (bicyclic) bond motifs is 1. The molecule has 0 fully saturated rings. The Morgan fingerprint density at radius 1 is 1.00 bits per heavy atom. The molecule has 0 spiro atoms. The van der Waals surface area contributed by atoms with Crippen molar-refractivity contribution < 1.29 is 13.5 Å². The Hall–Kier alpha value is -1.82. The number of rotatable bonds is 3. The largest absolute Gasteiger partial charge is 0.390 e. The standard InChI is InChI=1S/C15H12ClNO3S/c16-15-12-8-4-5-9-13(12)17(14(15)10-18)21(19,20)11-6-2-1-3-7-11/h1-9,18H,10H2. The van der Waals surface area contributed by atoms with Crippen molar-refractivity contribution in [1.82, 2.24) is 3.97 Å². The van der Waals surface area contributed by atoms with Gasteiger partial charge >= 0.3 is 0 Å². The number of hydrogen-bond acceptors (Lipinski definition) is 3. The molecule has 108 valence electrons. The summed E-state index contributed by atoms with van der Waals surface area (Å²) in [7, 11) is -3.82. The molecule has 0 saturated carbocycles. The lowest BCUT2D eigenvalue weighted by molar-refractivity contribution is 0.276. The van der Waals surface area contributed by atoms with Crippen molar-refractivity contribution in [2.75, 3.05) is 0 Å². The van der Waals surface area contributed by atoms with Gasteiger partial charge in [-0.05, 0) is 18.2 Å². The lowest BCUT2D eigenvalue weighted by Crippen LogP contribution is -2.15. The maximum absolute atomic E-state index is 12.8. The number of aliphatic hydroxyl groups is 1. The number of hydrogen-bond donors (Lipinski definition) is 1. The molecule has 6 heteroatoms. The summed E-state index contributed by atoms with van der Waals surface area (Å²) in [5.74, 6) is 0. The van der Waals surface area contributed by atoms with Gasteiger partial charge in [-0.15, -0.1) is 0 Å². The first-order valence-electron chi connectivity index (χ1n) is 6.26. The van der Waals surface area contributed by atoms with Crippen molar-refractivity contribution in [2.45, 2.75) is 11.5 Å². The Morgan fingerprint density at radius 2 is 1.62 bits per heavy atom. The summed E-state index contributed by atoms with van der Waals surface area (Å²) < 4.78 is 26.8. The van der Waals surface area contributed by atoms with Crippen LogP contribution in [0.2, 0.25) is 5.02 Å². The molecule has 3 rings (SSSR count). The number of nitrogens with zero attached hydrogens (tertiary/aromatic N) is 1. The van der Waals surface area contributed by atoms with E-state index in [4.69, 9.17) is 11.6 Å². The summed E-state index contributed by atoms with van der Waals surface area (Å²) >= 11 is 6.21. The van der Waals surface area contributed by atoms with E-state index in [-0.39, 0.29) is 15.6 Å². The van der Waals surface area contributed by atoms with E-state index in [0.717, 1.165) is 3.97 Å². The highest BCUT2D eigenvalue weighted by molar-refractivity contribution is 7.90. The van der Waals surface area contributed by atoms with Crippen LogP contribution in [0.1, 0.15) is 5.69 Å². The Bertz CT molecular complexity index is 901. The fourth-order valence-corrected chi connectivity index (χ4v) is 4.26. The van der Waals surface area contributed by atoms with E-state index < -0.39 is 16.6 Å². The van der Waals surface area contributed by atoms with Crippen molar-refractivity contribution in [1.29, 1.82) is 0 Å². The fourth-order valence-electron chi connectivity index (χ4n) is 2.33. The zero-order valence-corrected chi connectivity index (χ0v) is 12.5. The molecular formula is C15H12ClNO3S. The van der Waals surface area contributed by atoms with Gasteiger partial charge in [-0.2, -0.15) is 0 Å². The molecule has 0 unspecified atom stereocenters. The maximum Gasteiger partial charge on any atom is 0.268 e. The van der Waals surface area contributed by atoms with Crippen LogP contribution in [0.5, 0.6) is 0 Å². The topological polar surface area (TPSA) is 59.3 Å². The fraction of sp³-hybridized carbons (Fsp3) is 0.0667. The van der Waals surface area contributed by atoms with Gasteiger partial charge in [0.15, 0.2) is 0 Å². The molecular weight excluding hydrogens is 310 g/mol. The minimum atomic E-state index is -3.82. The second-order valence-corrected chi connectivity index (χ2v) is 6.68. The molecule has 0 aliphatic rings. The molecule has 0 bridgehead atoms. The molecule has 1 aromatic heterocycles. The third-order valence-electron chi connectivity index (χ3n) is 3.29. The predicted octanol–water partition coefficient (Wildman–Crippen LogP) is 3.02. The third kappa shape index (κ3) is 2.14. The van der Waals surface area contributed by atoms with E-state index in [1.54, 1.807) is 42.5 Å². The molecule has 0 aliphatic heterocycles. The average Bonchev–Trinajstić information content (AvgIpc) is 2.81. The molecule has 0 radical (unpaired) electrons. The lowest BCUT2D eigenvalue weighted by Gasteiger charge is -2.10. The quantitative estimate of drug-likeness (QED) is 0.806. The van der Waals surface area contributed by atoms with Gasteiger partial charge < -0.3 is 5.11 Å². The zero-order valence-electron chi connectivity index (χ0n) is 10.9. The van der Waals surface area contributed by atoms with E-state index in [9.17, 15) is 13.5 Å². The summed E-state index contributed by atoms with van der Waals surface area (Å²) in [5.41, 5.74) is 0.622. The average molecular weight is 322 g/mol. The Balaban J connectivity index is 2.40. The first kappa shape index (κ1) is 14.1. The van der Waals surface area contributed by atoms with Crippen LogP contribution in [-0.2, 0) is 16.6 Å². The van der Waals surface area contributed by atoms with Crippen LogP contribution in [0, 0.1) is 0 Å². The minimum Gasteiger partial charge on any atom is -0.390 e. The van der Waals surface area contributed by atoms with Crippen LogP contribution in [0.25, 0.3) is 10.9 Å². The summed E-state index contributed by atoms with van der Waals surface area (Å²) in [6.07, 6.45) is 0. The van der Waals surface area contributed by atoms with Gasteiger partial charge in [-0.3, -0.25) is 0 Å². The van der Waals surface area contributed by atoms with Crippen LogP contribution in [-0.4, -0.2) is 17.5 Å². The second-order valence-electron chi connectivity index (χ2n) is 4.52. The molecule has 2 aromatic carbocycles. The van der Waals surface area contributed by atoms with Crippen molar-refractivity contribution in [3.05, 3.63) is 65.3 Å². The molecule has 0 amide bonds. The minimum absolute atomic E-state index is 0.150. The summed E-state index contributed by atoms with van der Waals surface area (Å²) in [5, 5.41) is 10.4. The number of benzene rings is 2. The van der Waals surface area contributed by atoms with E-state index in [1.807, 2.05) is 0 Å². The van der Waals surface area contributed by atoms with Gasteiger partial charge in [-0.1, -0.05) is 48.0 Å². The molecule has 21 heavy (non-hydrogen) atoms. The van der Waals surface area contributed by atoms with E-state index in [0.29, 0.717) is 10.9 Å². The first-order valence-corrected chi connectivity index (χ1v) is 8.08. The number of halogens is 1. The highest BCUT2D eigenvalue weighted by Gasteiger charge is 2.25. The van der Waals surface area contributed by atoms with E-state index in [1.165, 1.54) is 12.1 Å². The van der Waals surface area contributed by atoms with Crippen molar-refractivity contribution in [3.8, 4) is 0 Å². The van der Waals surface area contributed by atoms with Gasteiger partial charge in [-0.25, -0.2) is 12.4 Å². The molecule has 0 atom stereocenters. The number of para-hydroxylation sites is 1. The maximum atomic E-state index is 12.8. The molecule has 0 aliphatic carbocycles. The SMILES string of the molecule is O=S(=O)(c1ccccc1)n1c(CO)c(Cl)c2ccccc21. The van der Waals surface area contributed by atoms with Crippen LogP contribution >= 0.6 is 11.6 Å². The Kier molecular flexibility index (Phi) is 3.49. The Labute approximate surface area is 127 Å². The zero-order chi connectivity index (χ0) is 15.0. The highest BCUT2D eigenvalue weighted by atomic mass is 35.5. The summed E-state index contributed by atoms with van der Waals surface area (Å²) in [6, 6.07) is 15.0. The summed E-state index contributed by atoms with van der Waals surface area (Å²) in [6.45, 7) is -0.459. The first-order chi connectivity index (χ1) is 10.1. The van der Waals surface area contributed by atoms with Gasteiger partial charge in [0.25, 0.3) is 10.0 Å². The van der Waals surface area contributed by atoms with Gasteiger partial charge in [0.2, 0.25) is 0 Å². The molecule has 0 saturated heterocycles. The molecule has 4 nitrogen and oxygen atoms in total. The van der Waals surface area contributed by atoms with E-state index in [2.05, 4.69) is 0 Å². The van der Waals surface area contributed by atoms with Crippen LogP contribution in [0.4, 0.5) is 0 Å². The van der Waals surface area contributed by atoms with Crippen LogP contribution in [0.3, 0.4) is 0 Å². The smallest absolute Gasteiger partial charge is 0.268 e. The van der Waals surface area contributed by atoms with Crippen molar-refractivity contribution in [3.63, 3.8) is 0 Å². The lowest BCUT2D eigenvalue weighted by atomic mass is 10.2. The predicted molar refractivity (Wildman–Crippen MR) is 81.9 cm³/mol. The van der Waals surface area contributed by atoms with Crippen molar-refractivity contribution >= 4 is 32.5 Å². The third-order valence-corrected chi connectivity index (χ3v) is 5.48.